The number of nitrogens with one attached hydrogen (secondary N) is 1. The van der Waals surface area contributed by atoms with Crippen molar-refractivity contribution in [2.45, 2.75) is 38.6 Å². The Morgan fingerprint density at radius 2 is 2.04 bits per heavy atom. The third kappa shape index (κ3) is 3.14. The van der Waals surface area contributed by atoms with Crippen molar-refractivity contribution in [1.82, 2.24) is 0 Å². The van der Waals surface area contributed by atoms with Crippen LogP contribution >= 0.6 is 0 Å². The summed E-state index contributed by atoms with van der Waals surface area (Å²) in [7, 11) is 0. The molecule has 6 nitrogen and oxygen atoms in total. The quantitative estimate of drug-likeness (QED) is 0.665. The number of hydrogen-bond acceptors (Lipinski definition) is 4. The summed E-state index contributed by atoms with van der Waals surface area (Å²) in [5.41, 5.74) is 4.05. The van der Waals surface area contributed by atoms with Crippen molar-refractivity contribution >= 4 is 23.0 Å². The lowest BCUT2D eigenvalue weighted by atomic mass is 9.98. The number of anilines is 2. The molecule has 1 fully saturated rings. The number of nitro benzene ring substituents is 1. The summed E-state index contributed by atoms with van der Waals surface area (Å²) < 4.78 is 0. The summed E-state index contributed by atoms with van der Waals surface area (Å²) in [6, 6.07) is 11.1. The first-order valence-electron chi connectivity index (χ1n) is 8.99. The molecule has 1 aliphatic carbocycles. The number of rotatable bonds is 4. The molecule has 2 aromatic carbocycles. The van der Waals surface area contributed by atoms with E-state index in [1.54, 1.807) is 17.0 Å². The highest BCUT2D eigenvalue weighted by molar-refractivity contribution is 6.07. The van der Waals surface area contributed by atoms with E-state index >= 15 is 0 Å². The Kier molecular flexibility index (Phi) is 4.11. The monoisotopic (exact) mass is 351 g/mol. The lowest BCUT2D eigenvalue weighted by molar-refractivity contribution is -0.384. The standard InChI is InChI=1S/C20H21N3O3/c1-13-4-9-18-14(11-13)3-2-10-22(18)20(24)15-5-8-17(21-16-6-7-16)19(12-15)23(25)26/h4-5,8-9,11-12,16,21H,2-3,6-7,10H2,1H3. The van der Waals surface area contributed by atoms with Crippen molar-refractivity contribution in [2.75, 3.05) is 16.8 Å². The van der Waals surface area contributed by atoms with Gasteiger partial charge < -0.3 is 10.2 Å². The summed E-state index contributed by atoms with van der Waals surface area (Å²) in [6.07, 6.45) is 3.90. The van der Waals surface area contributed by atoms with E-state index in [1.807, 2.05) is 19.1 Å². The number of aryl methyl sites for hydroxylation is 2. The predicted molar refractivity (Wildman–Crippen MR) is 101 cm³/mol. The second kappa shape index (κ2) is 6.44. The van der Waals surface area contributed by atoms with E-state index < -0.39 is 4.92 Å². The van der Waals surface area contributed by atoms with Gasteiger partial charge in [-0.25, -0.2) is 0 Å². The van der Waals surface area contributed by atoms with Gasteiger partial charge in [-0.2, -0.15) is 0 Å². The van der Waals surface area contributed by atoms with E-state index in [2.05, 4.69) is 11.4 Å². The van der Waals surface area contributed by atoms with Crippen molar-refractivity contribution < 1.29 is 9.72 Å². The number of benzene rings is 2. The van der Waals surface area contributed by atoms with Crippen molar-refractivity contribution in [2.24, 2.45) is 0 Å². The second-order valence-corrected chi connectivity index (χ2v) is 7.10. The summed E-state index contributed by atoms with van der Waals surface area (Å²) in [5, 5.41) is 14.6. The molecule has 134 valence electrons. The van der Waals surface area contributed by atoms with Crippen LogP contribution in [0, 0.1) is 17.0 Å². The van der Waals surface area contributed by atoms with Gasteiger partial charge in [0.1, 0.15) is 5.69 Å². The normalized spacial score (nSPS) is 16.1. The molecule has 4 rings (SSSR count). The predicted octanol–water partition coefficient (Wildman–Crippen LogP) is 4.07. The zero-order chi connectivity index (χ0) is 18.3. The fourth-order valence-electron chi connectivity index (χ4n) is 3.48. The molecule has 0 radical (unpaired) electrons. The van der Waals surface area contributed by atoms with Crippen LogP contribution in [0.1, 0.15) is 40.7 Å². The number of fused-ring (bicyclic) bond motifs is 1. The van der Waals surface area contributed by atoms with Gasteiger partial charge in [0.05, 0.1) is 4.92 Å². The van der Waals surface area contributed by atoms with E-state index in [0.717, 1.165) is 36.9 Å². The Labute approximate surface area is 152 Å². The first-order valence-corrected chi connectivity index (χ1v) is 8.99. The molecule has 1 saturated carbocycles. The van der Waals surface area contributed by atoms with Gasteiger partial charge in [-0.3, -0.25) is 14.9 Å². The highest BCUT2D eigenvalue weighted by atomic mass is 16.6. The van der Waals surface area contributed by atoms with Crippen LogP contribution in [0.2, 0.25) is 0 Å². The molecule has 1 aliphatic heterocycles. The van der Waals surface area contributed by atoms with Crippen molar-refractivity contribution in [3.63, 3.8) is 0 Å². The number of nitro groups is 1. The Bertz CT molecular complexity index is 890. The summed E-state index contributed by atoms with van der Waals surface area (Å²) >= 11 is 0. The largest absolute Gasteiger partial charge is 0.377 e. The van der Waals surface area contributed by atoms with Gasteiger partial charge in [0.15, 0.2) is 0 Å². The van der Waals surface area contributed by atoms with Crippen LogP contribution in [0.5, 0.6) is 0 Å². The number of carbonyl (C=O) groups excluding carboxylic acids is 1. The molecular weight excluding hydrogens is 330 g/mol. The molecule has 0 unspecified atom stereocenters. The molecule has 0 bridgehead atoms. The van der Waals surface area contributed by atoms with Gasteiger partial charge in [-0.1, -0.05) is 17.7 Å². The molecule has 2 aliphatic rings. The Morgan fingerprint density at radius 3 is 2.77 bits per heavy atom. The minimum atomic E-state index is -0.422. The van der Waals surface area contributed by atoms with E-state index in [9.17, 15) is 14.9 Å². The number of nitrogens with zero attached hydrogens (tertiary/aromatic N) is 2. The first kappa shape index (κ1) is 16.6. The van der Waals surface area contributed by atoms with Crippen LogP contribution in [-0.4, -0.2) is 23.4 Å². The molecule has 1 N–H and O–H groups in total. The van der Waals surface area contributed by atoms with Crippen LogP contribution in [0.3, 0.4) is 0 Å². The summed E-state index contributed by atoms with van der Waals surface area (Å²) in [5.74, 6) is -0.184. The lowest BCUT2D eigenvalue weighted by Gasteiger charge is -2.30. The number of amides is 1. The number of carbonyl (C=O) groups is 1. The maximum absolute atomic E-state index is 13.1. The van der Waals surface area contributed by atoms with Crippen LogP contribution in [0.4, 0.5) is 17.1 Å². The van der Waals surface area contributed by atoms with E-state index in [-0.39, 0.29) is 11.6 Å². The minimum Gasteiger partial charge on any atom is -0.377 e. The molecule has 0 aromatic heterocycles. The van der Waals surface area contributed by atoms with Crippen molar-refractivity contribution in [3.8, 4) is 0 Å². The van der Waals surface area contributed by atoms with Gasteiger partial charge in [0, 0.05) is 29.9 Å². The zero-order valence-corrected chi connectivity index (χ0v) is 14.7. The fraction of sp³-hybridized carbons (Fsp3) is 0.350. The molecular formula is C20H21N3O3. The van der Waals surface area contributed by atoms with Crippen molar-refractivity contribution in [1.29, 1.82) is 0 Å². The van der Waals surface area contributed by atoms with E-state index in [4.69, 9.17) is 0 Å². The van der Waals surface area contributed by atoms with E-state index in [1.165, 1.54) is 11.6 Å². The van der Waals surface area contributed by atoms with E-state index in [0.29, 0.717) is 23.8 Å². The molecule has 1 heterocycles. The third-order valence-electron chi connectivity index (χ3n) is 4.98. The Hall–Kier alpha value is -2.89. The Balaban J connectivity index is 1.66. The molecule has 26 heavy (non-hydrogen) atoms. The van der Waals surface area contributed by atoms with Gasteiger partial charge >= 0.3 is 0 Å². The molecule has 1 amide bonds. The number of hydrogen-bond donors (Lipinski definition) is 1. The Morgan fingerprint density at radius 1 is 1.23 bits per heavy atom. The minimum absolute atomic E-state index is 0.0381. The molecule has 0 saturated heterocycles. The van der Waals surface area contributed by atoms with Crippen LogP contribution in [0.25, 0.3) is 0 Å². The SMILES string of the molecule is Cc1ccc2c(c1)CCCN2C(=O)c1ccc(NC2CC2)c([N+](=O)[O-])c1. The van der Waals surface area contributed by atoms with Crippen LogP contribution in [0.15, 0.2) is 36.4 Å². The van der Waals surface area contributed by atoms with Crippen LogP contribution in [-0.2, 0) is 6.42 Å². The lowest BCUT2D eigenvalue weighted by Crippen LogP contribution is -2.35. The van der Waals surface area contributed by atoms with Gasteiger partial charge in [-0.05, 0) is 56.4 Å². The third-order valence-corrected chi connectivity index (χ3v) is 4.98. The summed E-state index contributed by atoms with van der Waals surface area (Å²) in [6.45, 7) is 2.67. The molecule has 2 aromatic rings. The van der Waals surface area contributed by atoms with Gasteiger partial charge in [0.25, 0.3) is 11.6 Å². The maximum atomic E-state index is 13.1. The second-order valence-electron chi connectivity index (χ2n) is 7.10. The average Bonchev–Trinajstić information content (AvgIpc) is 3.44. The smallest absolute Gasteiger partial charge is 0.293 e. The molecule has 0 spiro atoms. The average molecular weight is 351 g/mol. The highest BCUT2D eigenvalue weighted by Crippen LogP contribution is 2.33. The van der Waals surface area contributed by atoms with Gasteiger partial charge in [-0.15, -0.1) is 0 Å². The van der Waals surface area contributed by atoms with Gasteiger partial charge in [0.2, 0.25) is 0 Å². The zero-order valence-electron chi connectivity index (χ0n) is 14.7. The highest BCUT2D eigenvalue weighted by Gasteiger charge is 2.28. The fourth-order valence-corrected chi connectivity index (χ4v) is 3.48. The van der Waals surface area contributed by atoms with Crippen molar-refractivity contribution in [3.05, 3.63) is 63.2 Å². The van der Waals surface area contributed by atoms with Crippen LogP contribution < -0.4 is 10.2 Å². The molecule has 6 heteroatoms. The maximum Gasteiger partial charge on any atom is 0.293 e. The molecule has 0 atom stereocenters. The first-order chi connectivity index (χ1) is 12.5. The summed E-state index contributed by atoms with van der Waals surface area (Å²) in [4.78, 5) is 25.8. The topological polar surface area (TPSA) is 75.5 Å².